The molecule has 1 aliphatic heterocycles. The molecule has 1 aromatic heterocycles. The number of aromatic nitrogens is 2. The van der Waals surface area contributed by atoms with Gasteiger partial charge in [0.15, 0.2) is 0 Å². The van der Waals surface area contributed by atoms with Crippen molar-refractivity contribution in [3.8, 4) is 0 Å². The summed E-state index contributed by atoms with van der Waals surface area (Å²) in [4.78, 5) is 4.82. The van der Waals surface area contributed by atoms with E-state index in [1.54, 1.807) is 0 Å². The highest BCUT2D eigenvalue weighted by molar-refractivity contribution is 5.76. The first kappa shape index (κ1) is 10.8. The normalized spacial score (nSPS) is 20.5. The minimum Gasteiger partial charge on any atom is -0.324 e. The highest BCUT2D eigenvalue weighted by Gasteiger charge is 2.23. The molecule has 1 saturated heterocycles. The van der Waals surface area contributed by atoms with E-state index >= 15 is 0 Å². The van der Waals surface area contributed by atoms with E-state index in [1.165, 1.54) is 24.2 Å². The minimum absolute atomic E-state index is 0.435. The Morgan fingerprint density at radius 3 is 2.88 bits per heavy atom. The molecule has 1 fully saturated rings. The summed E-state index contributed by atoms with van der Waals surface area (Å²) in [6.45, 7) is 5.57. The summed E-state index contributed by atoms with van der Waals surface area (Å²) in [7, 11) is 0. The van der Waals surface area contributed by atoms with Crippen LogP contribution in [0.15, 0.2) is 24.3 Å². The summed E-state index contributed by atoms with van der Waals surface area (Å²) in [5.41, 5.74) is 2.37. The second-order valence-electron chi connectivity index (χ2n) is 5.07. The quantitative estimate of drug-likeness (QED) is 0.857. The van der Waals surface area contributed by atoms with Gasteiger partial charge in [-0.3, -0.25) is 0 Å². The maximum absolute atomic E-state index is 4.82. The van der Waals surface area contributed by atoms with E-state index in [0.717, 1.165) is 12.1 Å². The average Bonchev–Trinajstić information content (AvgIpc) is 2.95. The molecule has 0 aliphatic carbocycles. The summed E-state index contributed by atoms with van der Waals surface area (Å²) in [5.74, 6) is 1.21. The van der Waals surface area contributed by atoms with Crippen molar-refractivity contribution in [2.75, 3.05) is 6.54 Å². The molecule has 3 nitrogen and oxygen atoms in total. The molecule has 2 aromatic rings. The molecule has 3 rings (SSSR count). The van der Waals surface area contributed by atoms with Crippen LogP contribution in [0.25, 0.3) is 11.0 Å². The molecular weight excluding hydrogens is 210 g/mol. The van der Waals surface area contributed by atoms with Gasteiger partial charge >= 0.3 is 0 Å². The summed E-state index contributed by atoms with van der Waals surface area (Å²) in [6, 6.07) is 9.32. The molecule has 1 atom stereocenters. The van der Waals surface area contributed by atoms with Crippen LogP contribution >= 0.6 is 0 Å². The van der Waals surface area contributed by atoms with Crippen LogP contribution in [0, 0.1) is 0 Å². The lowest BCUT2D eigenvalue weighted by molar-refractivity contribution is 0.517. The second-order valence-corrected chi connectivity index (χ2v) is 5.07. The zero-order valence-electron chi connectivity index (χ0n) is 10.5. The first-order valence-electron chi connectivity index (χ1n) is 6.47. The molecule has 0 bridgehead atoms. The van der Waals surface area contributed by atoms with Crippen molar-refractivity contribution in [3.05, 3.63) is 30.1 Å². The first-order chi connectivity index (χ1) is 8.27. The molecule has 1 N–H and O–H groups in total. The van der Waals surface area contributed by atoms with Gasteiger partial charge in [-0.1, -0.05) is 12.1 Å². The number of hydrogen-bond acceptors (Lipinski definition) is 2. The molecule has 0 spiro atoms. The topological polar surface area (TPSA) is 29.9 Å². The van der Waals surface area contributed by atoms with Gasteiger partial charge in [-0.15, -0.1) is 0 Å². The standard InChI is InChI=1S/C14H19N3/c1-10(2)17-13-8-4-3-6-11(13)16-14(17)12-7-5-9-15-12/h3-4,6,8,10,12,15H,5,7,9H2,1-2H3/t12-/m1/s1. The SMILES string of the molecule is CC(C)n1c([C@H]2CCCN2)nc2ccccc21. The van der Waals surface area contributed by atoms with Crippen molar-refractivity contribution in [2.45, 2.75) is 38.8 Å². The van der Waals surface area contributed by atoms with Gasteiger partial charge in [0.2, 0.25) is 0 Å². The largest absolute Gasteiger partial charge is 0.324 e. The molecule has 90 valence electrons. The number of nitrogens with one attached hydrogen (secondary N) is 1. The van der Waals surface area contributed by atoms with Crippen molar-refractivity contribution < 1.29 is 0 Å². The van der Waals surface area contributed by atoms with Crippen molar-refractivity contribution in [1.29, 1.82) is 0 Å². The Bertz CT molecular complexity index is 521. The summed E-state index contributed by atoms with van der Waals surface area (Å²) < 4.78 is 2.37. The van der Waals surface area contributed by atoms with E-state index in [9.17, 15) is 0 Å². The van der Waals surface area contributed by atoms with Gasteiger partial charge in [-0.05, 0) is 45.4 Å². The minimum atomic E-state index is 0.435. The lowest BCUT2D eigenvalue weighted by Gasteiger charge is -2.17. The fourth-order valence-corrected chi connectivity index (χ4v) is 2.76. The van der Waals surface area contributed by atoms with Gasteiger partial charge < -0.3 is 9.88 Å². The third kappa shape index (κ3) is 1.75. The molecular formula is C14H19N3. The van der Waals surface area contributed by atoms with Crippen molar-refractivity contribution >= 4 is 11.0 Å². The molecule has 0 unspecified atom stereocenters. The molecule has 0 amide bonds. The van der Waals surface area contributed by atoms with Crippen LogP contribution < -0.4 is 5.32 Å². The third-order valence-electron chi connectivity index (χ3n) is 3.51. The predicted molar refractivity (Wildman–Crippen MR) is 70.1 cm³/mol. The van der Waals surface area contributed by atoms with Gasteiger partial charge in [-0.25, -0.2) is 4.98 Å². The van der Waals surface area contributed by atoms with Crippen molar-refractivity contribution in [2.24, 2.45) is 0 Å². The molecule has 1 aliphatic rings. The van der Waals surface area contributed by atoms with E-state index in [2.05, 4.69) is 48.0 Å². The molecule has 1 aromatic carbocycles. The zero-order chi connectivity index (χ0) is 11.8. The summed E-state index contributed by atoms with van der Waals surface area (Å²) in [5, 5.41) is 3.55. The van der Waals surface area contributed by atoms with Crippen molar-refractivity contribution in [3.63, 3.8) is 0 Å². The Morgan fingerprint density at radius 2 is 2.18 bits per heavy atom. The first-order valence-corrected chi connectivity index (χ1v) is 6.47. The maximum atomic E-state index is 4.82. The Kier molecular flexibility index (Phi) is 2.63. The fourth-order valence-electron chi connectivity index (χ4n) is 2.76. The van der Waals surface area contributed by atoms with E-state index in [0.29, 0.717) is 12.1 Å². The third-order valence-corrected chi connectivity index (χ3v) is 3.51. The van der Waals surface area contributed by atoms with Crippen LogP contribution in [-0.4, -0.2) is 16.1 Å². The number of para-hydroxylation sites is 2. The smallest absolute Gasteiger partial charge is 0.127 e. The van der Waals surface area contributed by atoms with E-state index < -0.39 is 0 Å². The van der Waals surface area contributed by atoms with Gasteiger partial charge in [0.1, 0.15) is 5.82 Å². The van der Waals surface area contributed by atoms with Gasteiger partial charge in [-0.2, -0.15) is 0 Å². The summed E-state index contributed by atoms with van der Waals surface area (Å²) in [6.07, 6.45) is 2.46. The van der Waals surface area contributed by atoms with Crippen LogP contribution in [0.4, 0.5) is 0 Å². The van der Waals surface area contributed by atoms with Gasteiger partial charge in [0.25, 0.3) is 0 Å². The molecule has 2 heterocycles. The Hall–Kier alpha value is -1.35. The Balaban J connectivity index is 2.18. The molecule has 17 heavy (non-hydrogen) atoms. The van der Waals surface area contributed by atoms with Gasteiger partial charge in [0.05, 0.1) is 17.1 Å². The number of rotatable bonds is 2. The van der Waals surface area contributed by atoms with Crippen LogP contribution in [0.2, 0.25) is 0 Å². The van der Waals surface area contributed by atoms with Gasteiger partial charge in [0, 0.05) is 6.04 Å². The number of benzene rings is 1. The lowest BCUT2D eigenvalue weighted by Crippen LogP contribution is -2.19. The molecule has 0 radical (unpaired) electrons. The van der Waals surface area contributed by atoms with E-state index in [4.69, 9.17) is 4.98 Å². The van der Waals surface area contributed by atoms with Crippen LogP contribution in [0.5, 0.6) is 0 Å². The molecule has 0 saturated carbocycles. The Labute approximate surface area is 102 Å². The number of hydrogen-bond donors (Lipinski definition) is 1. The molecule has 3 heteroatoms. The zero-order valence-corrected chi connectivity index (χ0v) is 10.5. The van der Waals surface area contributed by atoms with Crippen LogP contribution in [0.1, 0.15) is 44.6 Å². The number of nitrogens with zero attached hydrogens (tertiary/aromatic N) is 2. The van der Waals surface area contributed by atoms with Crippen LogP contribution in [0.3, 0.4) is 0 Å². The lowest BCUT2D eigenvalue weighted by atomic mass is 10.2. The monoisotopic (exact) mass is 229 g/mol. The highest BCUT2D eigenvalue weighted by Crippen LogP contribution is 2.28. The summed E-state index contributed by atoms with van der Waals surface area (Å²) >= 11 is 0. The predicted octanol–water partition coefficient (Wildman–Crippen LogP) is 3.04. The number of imidazole rings is 1. The fraction of sp³-hybridized carbons (Fsp3) is 0.500. The van der Waals surface area contributed by atoms with E-state index in [1.807, 2.05) is 0 Å². The Morgan fingerprint density at radius 1 is 1.35 bits per heavy atom. The second kappa shape index (κ2) is 4.15. The van der Waals surface area contributed by atoms with Crippen LogP contribution in [-0.2, 0) is 0 Å². The average molecular weight is 229 g/mol. The highest BCUT2D eigenvalue weighted by atomic mass is 15.1. The van der Waals surface area contributed by atoms with Crippen molar-refractivity contribution in [1.82, 2.24) is 14.9 Å². The maximum Gasteiger partial charge on any atom is 0.127 e. The van der Waals surface area contributed by atoms with E-state index in [-0.39, 0.29) is 0 Å². The number of fused-ring (bicyclic) bond motifs is 1.